The number of rotatable bonds is 7. The van der Waals surface area contributed by atoms with Crippen molar-refractivity contribution in [1.29, 1.82) is 0 Å². The van der Waals surface area contributed by atoms with Gasteiger partial charge in [-0.3, -0.25) is 4.79 Å². The third kappa shape index (κ3) is 5.83. The van der Waals surface area contributed by atoms with Gasteiger partial charge in [0.15, 0.2) is 0 Å². The van der Waals surface area contributed by atoms with E-state index in [0.29, 0.717) is 11.4 Å². The highest BCUT2D eigenvalue weighted by Gasteiger charge is 2.28. The molecule has 0 atom stereocenters. The van der Waals surface area contributed by atoms with Gasteiger partial charge in [-0.2, -0.15) is 4.31 Å². The number of nitrogens with zero attached hydrogens (tertiary/aromatic N) is 1. The number of benzene rings is 2. The molecule has 0 aliphatic carbocycles. The van der Waals surface area contributed by atoms with Crippen LogP contribution < -0.4 is 5.32 Å². The minimum Gasteiger partial charge on any atom is -0.468 e. The van der Waals surface area contributed by atoms with Gasteiger partial charge in [0.2, 0.25) is 15.9 Å². The number of hydrogen-bond acceptors (Lipinski definition) is 4. The monoisotopic (exact) mass is 440 g/mol. The van der Waals surface area contributed by atoms with E-state index in [-0.39, 0.29) is 23.4 Å². The molecule has 1 aromatic heterocycles. The number of carbonyl (C=O) groups is 1. The zero-order valence-corrected chi connectivity index (χ0v) is 19.1. The lowest BCUT2D eigenvalue weighted by Gasteiger charge is -2.21. The first-order chi connectivity index (χ1) is 14.6. The molecule has 0 bridgehead atoms. The SMILES string of the molecule is Cc1ccc(S(=O)(=O)N(CC(=O)Nc2ccc(C(C)(C)C)cc2)Cc2ccco2)cc1. The lowest BCUT2D eigenvalue weighted by molar-refractivity contribution is -0.116. The molecule has 1 amide bonds. The lowest BCUT2D eigenvalue weighted by Crippen LogP contribution is -2.37. The highest BCUT2D eigenvalue weighted by molar-refractivity contribution is 7.89. The Morgan fingerprint density at radius 1 is 1.00 bits per heavy atom. The fourth-order valence-electron chi connectivity index (χ4n) is 3.08. The van der Waals surface area contributed by atoms with Crippen LogP contribution in [-0.2, 0) is 26.8 Å². The van der Waals surface area contributed by atoms with Crippen molar-refractivity contribution in [2.45, 2.75) is 44.6 Å². The van der Waals surface area contributed by atoms with Crippen LogP contribution in [0.25, 0.3) is 0 Å². The molecule has 3 aromatic rings. The molecule has 0 aliphatic heterocycles. The summed E-state index contributed by atoms with van der Waals surface area (Å²) in [4.78, 5) is 12.8. The smallest absolute Gasteiger partial charge is 0.243 e. The zero-order valence-electron chi connectivity index (χ0n) is 18.3. The summed E-state index contributed by atoms with van der Waals surface area (Å²) < 4.78 is 32.9. The summed E-state index contributed by atoms with van der Waals surface area (Å²) in [5.74, 6) is 0.0313. The van der Waals surface area contributed by atoms with Gasteiger partial charge >= 0.3 is 0 Å². The average Bonchev–Trinajstić information content (AvgIpc) is 3.21. The molecule has 1 N–H and O–H groups in total. The Bertz CT molecular complexity index is 1110. The van der Waals surface area contributed by atoms with Crippen LogP contribution in [0.2, 0.25) is 0 Å². The van der Waals surface area contributed by atoms with Crippen LogP contribution in [0.15, 0.2) is 76.2 Å². The standard InChI is InChI=1S/C24H28N2O4S/c1-18-7-13-22(14-8-18)31(28,29)26(16-21-6-5-15-30-21)17-23(27)25-20-11-9-19(10-12-20)24(2,3)4/h5-15H,16-17H2,1-4H3,(H,25,27). The number of anilines is 1. The van der Waals surface area contributed by atoms with Gasteiger partial charge in [-0.1, -0.05) is 50.6 Å². The number of nitrogens with one attached hydrogen (secondary N) is 1. The normalized spacial score (nSPS) is 12.2. The minimum atomic E-state index is -3.89. The van der Waals surface area contributed by atoms with Gasteiger partial charge < -0.3 is 9.73 Å². The second-order valence-corrected chi connectivity index (χ2v) is 10.5. The first kappa shape index (κ1) is 22.8. The van der Waals surface area contributed by atoms with Crippen LogP contribution in [0.1, 0.15) is 37.7 Å². The summed E-state index contributed by atoms with van der Waals surface area (Å²) >= 11 is 0. The van der Waals surface area contributed by atoms with Gasteiger partial charge in [0, 0.05) is 5.69 Å². The van der Waals surface area contributed by atoms with Crippen LogP contribution in [0.5, 0.6) is 0 Å². The highest BCUT2D eigenvalue weighted by Crippen LogP contribution is 2.24. The van der Waals surface area contributed by atoms with E-state index < -0.39 is 15.9 Å². The molecule has 0 aliphatic rings. The number of furan rings is 1. The van der Waals surface area contributed by atoms with Crippen molar-refractivity contribution in [2.75, 3.05) is 11.9 Å². The Morgan fingerprint density at radius 2 is 1.65 bits per heavy atom. The first-order valence-electron chi connectivity index (χ1n) is 10.1. The fourth-order valence-corrected chi connectivity index (χ4v) is 4.44. The van der Waals surface area contributed by atoms with E-state index in [1.54, 1.807) is 36.4 Å². The van der Waals surface area contributed by atoms with Gasteiger partial charge in [0.05, 0.1) is 24.2 Å². The van der Waals surface area contributed by atoms with E-state index in [1.165, 1.54) is 6.26 Å². The Kier molecular flexibility index (Phi) is 6.67. The van der Waals surface area contributed by atoms with E-state index in [0.717, 1.165) is 15.4 Å². The van der Waals surface area contributed by atoms with E-state index in [1.807, 2.05) is 31.2 Å². The van der Waals surface area contributed by atoms with E-state index in [2.05, 4.69) is 26.1 Å². The molecule has 31 heavy (non-hydrogen) atoms. The van der Waals surface area contributed by atoms with Crippen molar-refractivity contribution in [3.63, 3.8) is 0 Å². The average molecular weight is 441 g/mol. The molecule has 1 heterocycles. The van der Waals surface area contributed by atoms with Crippen LogP contribution in [0, 0.1) is 6.92 Å². The summed E-state index contributed by atoms with van der Waals surface area (Å²) in [5, 5.41) is 2.79. The summed E-state index contributed by atoms with van der Waals surface area (Å²) in [6, 6.07) is 17.5. The Morgan fingerprint density at radius 3 is 2.19 bits per heavy atom. The maximum atomic E-state index is 13.2. The summed E-state index contributed by atoms with van der Waals surface area (Å²) in [7, 11) is -3.89. The molecule has 6 nitrogen and oxygen atoms in total. The minimum absolute atomic E-state index is 0.00446. The Hall–Kier alpha value is -2.90. The first-order valence-corrected chi connectivity index (χ1v) is 11.5. The quantitative estimate of drug-likeness (QED) is 0.577. The maximum absolute atomic E-state index is 13.2. The number of amides is 1. The second-order valence-electron chi connectivity index (χ2n) is 8.54. The number of sulfonamides is 1. The molecular formula is C24H28N2O4S. The summed E-state index contributed by atoms with van der Waals surface area (Å²) in [6.45, 7) is 7.85. The molecule has 7 heteroatoms. The molecule has 0 saturated heterocycles. The van der Waals surface area contributed by atoms with Crippen molar-refractivity contribution in [3.8, 4) is 0 Å². The Labute approximate surface area is 183 Å². The van der Waals surface area contributed by atoms with E-state index in [9.17, 15) is 13.2 Å². The lowest BCUT2D eigenvalue weighted by atomic mass is 9.87. The van der Waals surface area contributed by atoms with Crippen LogP contribution in [0.4, 0.5) is 5.69 Å². The van der Waals surface area contributed by atoms with E-state index >= 15 is 0 Å². The van der Waals surface area contributed by atoms with Crippen LogP contribution >= 0.6 is 0 Å². The summed E-state index contributed by atoms with van der Waals surface area (Å²) in [5.41, 5.74) is 2.72. The predicted molar refractivity (Wildman–Crippen MR) is 121 cm³/mol. The molecule has 0 unspecified atom stereocenters. The van der Waals surface area contributed by atoms with Gasteiger partial charge in [0.25, 0.3) is 0 Å². The molecule has 0 spiro atoms. The molecule has 3 rings (SSSR count). The topological polar surface area (TPSA) is 79.6 Å². The molecule has 2 aromatic carbocycles. The molecule has 0 saturated carbocycles. The van der Waals surface area contributed by atoms with Crippen molar-refractivity contribution >= 4 is 21.6 Å². The summed E-state index contributed by atoms with van der Waals surface area (Å²) in [6.07, 6.45) is 1.48. The highest BCUT2D eigenvalue weighted by atomic mass is 32.2. The van der Waals surface area contributed by atoms with E-state index in [4.69, 9.17) is 4.42 Å². The van der Waals surface area contributed by atoms with Gasteiger partial charge in [-0.15, -0.1) is 0 Å². The zero-order chi connectivity index (χ0) is 22.6. The van der Waals surface area contributed by atoms with Gasteiger partial charge in [-0.25, -0.2) is 8.42 Å². The largest absolute Gasteiger partial charge is 0.468 e. The Balaban J connectivity index is 1.79. The van der Waals surface area contributed by atoms with Gasteiger partial charge in [-0.05, 0) is 54.3 Å². The molecular weight excluding hydrogens is 412 g/mol. The van der Waals surface area contributed by atoms with Crippen molar-refractivity contribution in [2.24, 2.45) is 0 Å². The third-order valence-electron chi connectivity index (χ3n) is 4.93. The fraction of sp³-hybridized carbons (Fsp3) is 0.292. The molecule has 0 fully saturated rings. The van der Waals surface area contributed by atoms with Crippen molar-refractivity contribution < 1.29 is 17.6 Å². The third-order valence-corrected chi connectivity index (χ3v) is 6.73. The number of hydrogen-bond donors (Lipinski definition) is 1. The number of aryl methyl sites for hydroxylation is 1. The van der Waals surface area contributed by atoms with Gasteiger partial charge in [0.1, 0.15) is 5.76 Å². The molecule has 164 valence electrons. The van der Waals surface area contributed by atoms with Crippen molar-refractivity contribution in [1.82, 2.24) is 4.31 Å². The maximum Gasteiger partial charge on any atom is 0.243 e. The predicted octanol–water partition coefficient (Wildman–Crippen LogP) is 4.72. The number of carbonyl (C=O) groups excluding carboxylic acids is 1. The van der Waals surface area contributed by atoms with Crippen LogP contribution in [-0.4, -0.2) is 25.2 Å². The van der Waals surface area contributed by atoms with Crippen LogP contribution in [0.3, 0.4) is 0 Å². The molecule has 0 radical (unpaired) electrons. The van der Waals surface area contributed by atoms with Crippen molar-refractivity contribution in [3.05, 3.63) is 83.8 Å². The second kappa shape index (κ2) is 9.08.